The van der Waals surface area contributed by atoms with Crippen molar-refractivity contribution in [3.63, 3.8) is 0 Å². The third-order valence-electron chi connectivity index (χ3n) is 3.68. The summed E-state index contributed by atoms with van der Waals surface area (Å²) in [5.41, 5.74) is 2.97. The molecule has 3 aromatic rings. The van der Waals surface area contributed by atoms with Crippen LogP contribution in [0.3, 0.4) is 0 Å². The van der Waals surface area contributed by atoms with Gasteiger partial charge in [0.1, 0.15) is 5.82 Å². The van der Waals surface area contributed by atoms with Crippen LogP contribution >= 0.6 is 12.2 Å². The first-order valence-corrected chi connectivity index (χ1v) is 8.03. The number of rotatable bonds is 4. The first-order valence-electron chi connectivity index (χ1n) is 7.62. The second kappa shape index (κ2) is 6.88. The molecule has 0 amide bonds. The molecule has 3 rings (SSSR count). The maximum Gasteiger partial charge on any atom is 0.216 e. The van der Waals surface area contributed by atoms with Crippen molar-refractivity contribution in [3.05, 3.63) is 70.2 Å². The van der Waals surface area contributed by atoms with Gasteiger partial charge in [-0.15, -0.1) is 0 Å². The Hall–Kier alpha value is -2.60. The van der Waals surface area contributed by atoms with Crippen LogP contribution in [-0.2, 0) is 0 Å². The number of H-pyrrole nitrogens is 1. The van der Waals surface area contributed by atoms with Crippen molar-refractivity contribution in [1.82, 2.24) is 14.9 Å². The lowest BCUT2D eigenvalue weighted by molar-refractivity contribution is 0.628. The van der Waals surface area contributed by atoms with E-state index >= 15 is 0 Å². The van der Waals surface area contributed by atoms with Crippen molar-refractivity contribution in [1.29, 1.82) is 0 Å². The Morgan fingerprint density at radius 2 is 1.79 bits per heavy atom. The summed E-state index contributed by atoms with van der Waals surface area (Å²) < 4.78 is 15.0. The van der Waals surface area contributed by atoms with Crippen molar-refractivity contribution in [2.24, 2.45) is 5.10 Å². The van der Waals surface area contributed by atoms with Crippen molar-refractivity contribution >= 4 is 18.4 Å². The molecule has 1 heterocycles. The maximum absolute atomic E-state index is 13.1. The highest BCUT2D eigenvalue weighted by Crippen LogP contribution is 2.18. The van der Waals surface area contributed by atoms with E-state index in [0.717, 1.165) is 11.1 Å². The second-order valence-electron chi connectivity index (χ2n) is 5.74. The molecular formula is C18H17FN4S. The molecule has 0 fully saturated rings. The SMILES string of the molecule is CC(C)c1ccc(C=Nn2c(-c3ccc(F)cc3)n[nH]c2=S)cc1. The van der Waals surface area contributed by atoms with Crippen LogP contribution in [0.25, 0.3) is 11.4 Å². The van der Waals surface area contributed by atoms with Gasteiger partial charge in [-0.05, 0) is 53.5 Å². The third kappa shape index (κ3) is 3.49. The Morgan fingerprint density at radius 1 is 1.12 bits per heavy atom. The Labute approximate surface area is 144 Å². The van der Waals surface area contributed by atoms with E-state index in [4.69, 9.17) is 12.2 Å². The van der Waals surface area contributed by atoms with Crippen LogP contribution < -0.4 is 0 Å². The first-order chi connectivity index (χ1) is 11.5. The third-order valence-corrected chi connectivity index (χ3v) is 3.94. The summed E-state index contributed by atoms with van der Waals surface area (Å²) in [5.74, 6) is 0.729. The molecule has 0 saturated heterocycles. The van der Waals surface area contributed by atoms with Crippen LogP contribution in [0.5, 0.6) is 0 Å². The Morgan fingerprint density at radius 3 is 2.42 bits per heavy atom. The molecule has 2 aromatic carbocycles. The van der Waals surface area contributed by atoms with Gasteiger partial charge >= 0.3 is 0 Å². The van der Waals surface area contributed by atoms with Gasteiger partial charge in [0.05, 0.1) is 6.21 Å². The van der Waals surface area contributed by atoms with E-state index in [0.29, 0.717) is 16.5 Å². The topological polar surface area (TPSA) is 46.0 Å². The average molecular weight is 340 g/mol. The number of hydrogen-bond donors (Lipinski definition) is 1. The molecule has 0 spiro atoms. The van der Waals surface area contributed by atoms with Gasteiger partial charge in [-0.2, -0.15) is 14.9 Å². The van der Waals surface area contributed by atoms with Gasteiger partial charge in [0.25, 0.3) is 0 Å². The minimum Gasteiger partial charge on any atom is -0.250 e. The maximum atomic E-state index is 13.1. The van der Waals surface area contributed by atoms with Crippen LogP contribution in [0, 0.1) is 10.6 Å². The summed E-state index contributed by atoms with van der Waals surface area (Å²) in [6.07, 6.45) is 1.72. The predicted octanol–water partition coefficient (Wildman–Crippen LogP) is 4.75. The van der Waals surface area contributed by atoms with Crippen molar-refractivity contribution < 1.29 is 4.39 Å². The minimum atomic E-state index is -0.298. The lowest BCUT2D eigenvalue weighted by Gasteiger charge is -2.04. The van der Waals surface area contributed by atoms with E-state index < -0.39 is 0 Å². The zero-order valence-corrected chi connectivity index (χ0v) is 14.2. The zero-order chi connectivity index (χ0) is 17.1. The van der Waals surface area contributed by atoms with Crippen LogP contribution in [0.1, 0.15) is 30.9 Å². The van der Waals surface area contributed by atoms with E-state index in [9.17, 15) is 4.39 Å². The number of aromatic nitrogens is 3. The molecule has 1 aromatic heterocycles. The first kappa shape index (κ1) is 16.3. The molecule has 0 atom stereocenters. The van der Waals surface area contributed by atoms with Crippen LogP contribution in [0.4, 0.5) is 4.39 Å². The summed E-state index contributed by atoms with van der Waals surface area (Å²) in [6.45, 7) is 4.31. The van der Waals surface area contributed by atoms with E-state index in [-0.39, 0.29) is 5.82 Å². The average Bonchev–Trinajstić information content (AvgIpc) is 2.95. The molecule has 0 unspecified atom stereocenters. The number of halogens is 1. The quantitative estimate of drug-likeness (QED) is 0.550. The monoisotopic (exact) mass is 340 g/mol. The largest absolute Gasteiger partial charge is 0.250 e. The number of aromatic amines is 1. The molecule has 0 aliphatic rings. The fourth-order valence-electron chi connectivity index (χ4n) is 2.28. The lowest BCUT2D eigenvalue weighted by atomic mass is 10.0. The normalized spacial score (nSPS) is 11.5. The summed E-state index contributed by atoms with van der Waals surface area (Å²) in [4.78, 5) is 0. The molecule has 122 valence electrons. The van der Waals surface area contributed by atoms with Crippen LogP contribution in [0.2, 0.25) is 0 Å². The lowest BCUT2D eigenvalue weighted by Crippen LogP contribution is -1.95. The van der Waals surface area contributed by atoms with Crippen molar-refractivity contribution in [3.8, 4) is 11.4 Å². The molecule has 6 heteroatoms. The second-order valence-corrected chi connectivity index (χ2v) is 6.12. The van der Waals surface area contributed by atoms with E-state index in [1.807, 2.05) is 12.1 Å². The molecule has 24 heavy (non-hydrogen) atoms. The van der Waals surface area contributed by atoms with Crippen LogP contribution in [0.15, 0.2) is 53.6 Å². The molecule has 4 nitrogen and oxygen atoms in total. The molecule has 0 aliphatic carbocycles. The standard InChI is InChI=1S/C18H17FN4S/c1-12(2)14-5-3-13(4-6-14)11-20-23-17(21-22-18(23)24)15-7-9-16(19)10-8-15/h3-12H,1-2H3,(H,22,24). The fourth-order valence-corrected chi connectivity index (χ4v) is 2.46. The van der Waals surface area contributed by atoms with Gasteiger partial charge < -0.3 is 0 Å². The number of nitrogens with zero attached hydrogens (tertiary/aromatic N) is 3. The van der Waals surface area contributed by atoms with Gasteiger partial charge in [-0.1, -0.05) is 38.1 Å². The number of nitrogens with one attached hydrogen (secondary N) is 1. The zero-order valence-electron chi connectivity index (χ0n) is 13.4. The smallest absolute Gasteiger partial charge is 0.216 e. The minimum absolute atomic E-state index is 0.298. The highest BCUT2D eigenvalue weighted by atomic mass is 32.1. The van der Waals surface area contributed by atoms with Gasteiger partial charge in [0.2, 0.25) is 4.77 Å². The van der Waals surface area contributed by atoms with Crippen LogP contribution in [-0.4, -0.2) is 21.1 Å². The summed E-state index contributed by atoms with van der Waals surface area (Å²) in [6, 6.07) is 14.2. The Balaban J connectivity index is 1.91. The van der Waals surface area contributed by atoms with Gasteiger partial charge in [0.15, 0.2) is 5.82 Å². The Bertz CT molecular complexity index is 905. The summed E-state index contributed by atoms with van der Waals surface area (Å²) in [5, 5.41) is 11.3. The van der Waals surface area contributed by atoms with Gasteiger partial charge in [-0.3, -0.25) is 0 Å². The van der Waals surface area contributed by atoms with Crippen molar-refractivity contribution in [2.75, 3.05) is 0 Å². The molecule has 0 bridgehead atoms. The Kier molecular flexibility index (Phi) is 4.66. The predicted molar refractivity (Wildman–Crippen MR) is 96.3 cm³/mol. The highest BCUT2D eigenvalue weighted by molar-refractivity contribution is 7.71. The fraction of sp³-hybridized carbons (Fsp3) is 0.167. The van der Waals surface area contributed by atoms with Gasteiger partial charge in [0, 0.05) is 5.56 Å². The molecular weight excluding hydrogens is 323 g/mol. The summed E-state index contributed by atoms with van der Waals surface area (Å²) >= 11 is 5.23. The number of hydrogen-bond acceptors (Lipinski definition) is 3. The van der Waals surface area contributed by atoms with Crippen molar-refractivity contribution in [2.45, 2.75) is 19.8 Å². The summed E-state index contributed by atoms with van der Waals surface area (Å²) in [7, 11) is 0. The molecule has 0 radical (unpaired) electrons. The molecule has 0 aliphatic heterocycles. The van der Waals surface area contributed by atoms with E-state index in [2.05, 4.69) is 41.3 Å². The van der Waals surface area contributed by atoms with E-state index in [1.165, 1.54) is 22.4 Å². The van der Waals surface area contributed by atoms with Gasteiger partial charge in [-0.25, -0.2) is 9.49 Å². The van der Waals surface area contributed by atoms with E-state index in [1.54, 1.807) is 18.3 Å². The molecule has 0 saturated carbocycles. The highest BCUT2D eigenvalue weighted by Gasteiger charge is 2.08. The number of benzene rings is 2. The molecule has 1 N–H and O–H groups in total.